The fourth-order valence-electron chi connectivity index (χ4n) is 3.14. The van der Waals surface area contributed by atoms with Gasteiger partial charge in [-0.1, -0.05) is 18.2 Å². The smallest absolute Gasteiger partial charge is 0.0799 e. The van der Waals surface area contributed by atoms with Crippen molar-refractivity contribution >= 4 is 5.57 Å². The summed E-state index contributed by atoms with van der Waals surface area (Å²) in [5.74, 6) is 0. The summed E-state index contributed by atoms with van der Waals surface area (Å²) >= 11 is 0. The molecule has 0 saturated carbocycles. The Bertz CT molecular complexity index is 457. The molecule has 0 saturated heterocycles. The zero-order valence-corrected chi connectivity index (χ0v) is 9.79. The lowest BCUT2D eigenvalue weighted by atomic mass is 9.91. The summed E-state index contributed by atoms with van der Waals surface area (Å²) in [6, 6.07) is 4.37. The van der Waals surface area contributed by atoms with Crippen LogP contribution in [-0.2, 0) is 12.8 Å². The molecular weight excluding hydrogens is 196 g/mol. The van der Waals surface area contributed by atoms with Crippen molar-refractivity contribution in [1.29, 1.82) is 0 Å². The molecule has 0 spiro atoms. The van der Waals surface area contributed by atoms with Gasteiger partial charge in [-0.2, -0.15) is 0 Å². The van der Waals surface area contributed by atoms with Crippen LogP contribution in [0.2, 0.25) is 0 Å². The van der Waals surface area contributed by atoms with Crippen molar-refractivity contribution < 1.29 is 5.11 Å². The van der Waals surface area contributed by atoms with E-state index in [1.165, 1.54) is 41.5 Å². The van der Waals surface area contributed by atoms with Crippen LogP contribution < -0.4 is 0 Å². The summed E-state index contributed by atoms with van der Waals surface area (Å²) in [5, 5.41) is 10.2. The van der Waals surface area contributed by atoms with Gasteiger partial charge in [0.05, 0.1) is 6.10 Å². The first-order valence-corrected chi connectivity index (χ1v) is 6.27. The van der Waals surface area contributed by atoms with Crippen LogP contribution in [-0.4, -0.2) is 5.11 Å². The molecule has 1 aromatic rings. The highest BCUT2D eigenvalue weighted by molar-refractivity contribution is 5.72. The fourth-order valence-corrected chi connectivity index (χ4v) is 3.14. The molecule has 84 valence electrons. The third kappa shape index (κ3) is 1.42. The molecule has 0 amide bonds. The normalized spacial score (nSPS) is 23.4. The molecule has 1 nitrogen and oxygen atoms in total. The van der Waals surface area contributed by atoms with Gasteiger partial charge in [-0.25, -0.2) is 0 Å². The predicted octanol–water partition coefficient (Wildman–Crippen LogP) is 3.41. The molecule has 0 radical (unpaired) electrons. The first kappa shape index (κ1) is 10.1. The monoisotopic (exact) mass is 214 g/mol. The second-order valence-electron chi connectivity index (χ2n) is 5.00. The Morgan fingerprint density at radius 3 is 3.00 bits per heavy atom. The number of aliphatic hydroxyl groups excluding tert-OH is 1. The van der Waals surface area contributed by atoms with Crippen LogP contribution in [0.25, 0.3) is 5.57 Å². The zero-order valence-electron chi connectivity index (χ0n) is 9.79. The summed E-state index contributed by atoms with van der Waals surface area (Å²) in [6.45, 7) is 2.19. The van der Waals surface area contributed by atoms with Gasteiger partial charge in [0.2, 0.25) is 0 Å². The molecule has 1 N–H and O–H groups in total. The van der Waals surface area contributed by atoms with Crippen LogP contribution in [0.3, 0.4) is 0 Å². The molecule has 0 bridgehead atoms. The Labute approximate surface area is 96.8 Å². The number of hydrogen-bond donors (Lipinski definition) is 1. The van der Waals surface area contributed by atoms with Crippen molar-refractivity contribution in [2.45, 2.75) is 45.1 Å². The van der Waals surface area contributed by atoms with E-state index in [0.29, 0.717) is 0 Å². The molecule has 0 heterocycles. The quantitative estimate of drug-likeness (QED) is 0.701. The first-order valence-electron chi connectivity index (χ1n) is 6.27. The SMILES string of the molecule is CC1=CCCC(O)c2ccc3c(c21)CCC3. The predicted molar refractivity (Wildman–Crippen MR) is 66.3 cm³/mol. The number of aliphatic hydroxyl groups is 1. The van der Waals surface area contributed by atoms with Crippen LogP contribution in [0.4, 0.5) is 0 Å². The van der Waals surface area contributed by atoms with E-state index in [1.54, 1.807) is 0 Å². The van der Waals surface area contributed by atoms with E-state index in [0.717, 1.165) is 18.4 Å². The summed E-state index contributed by atoms with van der Waals surface area (Å²) in [7, 11) is 0. The van der Waals surface area contributed by atoms with Gasteiger partial charge < -0.3 is 5.11 Å². The number of hydrogen-bond acceptors (Lipinski definition) is 1. The number of fused-ring (bicyclic) bond motifs is 3. The molecule has 1 atom stereocenters. The first-order chi connectivity index (χ1) is 7.77. The van der Waals surface area contributed by atoms with E-state index in [-0.39, 0.29) is 6.10 Å². The zero-order chi connectivity index (χ0) is 11.1. The Morgan fingerprint density at radius 1 is 1.25 bits per heavy atom. The Morgan fingerprint density at radius 2 is 2.12 bits per heavy atom. The molecular formula is C15H18O. The lowest BCUT2D eigenvalue weighted by molar-refractivity contribution is 0.169. The Balaban J connectivity index is 2.25. The van der Waals surface area contributed by atoms with Gasteiger partial charge in [-0.05, 0) is 66.9 Å². The molecule has 3 rings (SSSR count). The summed E-state index contributed by atoms with van der Waals surface area (Å²) in [4.78, 5) is 0. The van der Waals surface area contributed by atoms with E-state index in [1.807, 2.05) is 0 Å². The van der Waals surface area contributed by atoms with Gasteiger partial charge in [0.25, 0.3) is 0 Å². The average Bonchev–Trinajstić information content (AvgIpc) is 2.69. The van der Waals surface area contributed by atoms with E-state index in [9.17, 15) is 5.11 Å². The molecule has 0 aromatic heterocycles. The van der Waals surface area contributed by atoms with Crippen LogP contribution in [0.15, 0.2) is 18.2 Å². The van der Waals surface area contributed by atoms with Gasteiger partial charge in [0, 0.05) is 0 Å². The topological polar surface area (TPSA) is 20.2 Å². The van der Waals surface area contributed by atoms with Gasteiger partial charge in [0.15, 0.2) is 0 Å². The van der Waals surface area contributed by atoms with Crippen LogP contribution in [0, 0.1) is 0 Å². The second-order valence-corrected chi connectivity index (χ2v) is 5.00. The highest BCUT2D eigenvalue weighted by Gasteiger charge is 2.23. The number of aryl methyl sites for hydroxylation is 1. The minimum Gasteiger partial charge on any atom is -0.388 e. The number of benzene rings is 1. The van der Waals surface area contributed by atoms with Crippen molar-refractivity contribution in [2.24, 2.45) is 0 Å². The van der Waals surface area contributed by atoms with E-state index in [4.69, 9.17) is 0 Å². The van der Waals surface area contributed by atoms with Crippen LogP contribution in [0.1, 0.15) is 54.5 Å². The fraction of sp³-hybridized carbons (Fsp3) is 0.467. The third-order valence-electron chi connectivity index (χ3n) is 3.96. The number of allylic oxidation sites excluding steroid dienone is 2. The molecule has 16 heavy (non-hydrogen) atoms. The van der Waals surface area contributed by atoms with Crippen LogP contribution in [0.5, 0.6) is 0 Å². The van der Waals surface area contributed by atoms with E-state index in [2.05, 4.69) is 25.1 Å². The maximum Gasteiger partial charge on any atom is 0.0799 e. The summed E-state index contributed by atoms with van der Waals surface area (Å²) < 4.78 is 0. The highest BCUT2D eigenvalue weighted by Crippen LogP contribution is 2.38. The largest absolute Gasteiger partial charge is 0.388 e. The second kappa shape index (κ2) is 3.74. The van der Waals surface area contributed by atoms with Crippen LogP contribution >= 0.6 is 0 Å². The van der Waals surface area contributed by atoms with E-state index >= 15 is 0 Å². The molecule has 2 aliphatic carbocycles. The summed E-state index contributed by atoms with van der Waals surface area (Å²) in [6.07, 6.45) is 7.56. The van der Waals surface area contributed by atoms with Crippen molar-refractivity contribution in [3.05, 3.63) is 40.5 Å². The number of rotatable bonds is 0. The van der Waals surface area contributed by atoms with Crippen molar-refractivity contribution in [2.75, 3.05) is 0 Å². The highest BCUT2D eigenvalue weighted by atomic mass is 16.3. The molecule has 1 unspecified atom stereocenters. The van der Waals surface area contributed by atoms with Gasteiger partial charge in [-0.3, -0.25) is 0 Å². The lowest BCUT2D eigenvalue weighted by Crippen LogP contribution is -2.02. The lowest BCUT2D eigenvalue weighted by Gasteiger charge is -2.16. The molecule has 2 aliphatic rings. The molecule has 1 aromatic carbocycles. The average molecular weight is 214 g/mol. The molecule has 0 aliphatic heterocycles. The van der Waals surface area contributed by atoms with Gasteiger partial charge in [0.1, 0.15) is 0 Å². The maximum absolute atomic E-state index is 10.2. The van der Waals surface area contributed by atoms with E-state index < -0.39 is 0 Å². The molecule has 0 fully saturated rings. The standard InChI is InChI=1S/C15H18O/c1-10-4-2-7-14(16)13-9-8-11-5-3-6-12(11)15(10)13/h4,8-9,14,16H,2-3,5-7H2,1H3. The van der Waals surface area contributed by atoms with Gasteiger partial charge >= 0.3 is 0 Å². The third-order valence-corrected chi connectivity index (χ3v) is 3.96. The minimum atomic E-state index is -0.269. The Hall–Kier alpha value is -1.08. The van der Waals surface area contributed by atoms with Crippen molar-refractivity contribution in [3.63, 3.8) is 0 Å². The van der Waals surface area contributed by atoms with Crippen molar-refractivity contribution in [1.82, 2.24) is 0 Å². The molecule has 1 heteroatoms. The maximum atomic E-state index is 10.2. The van der Waals surface area contributed by atoms with Gasteiger partial charge in [-0.15, -0.1) is 0 Å². The Kier molecular flexibility index (Phi) is 2.36. The van der Waals surface area contributed by atoms with Crippen molar-refractivity contribution in [3.8, 4) is 0 Å². The summed E-state index contributed by atoms with van der Waals surface area (Å²) in [5.41, 5.74) is 6.89. The minimum absolute atomic E-state index is 0.269.